The number of pyridine rings is 1. The van der Waals surface area contributed by atoms with Crippen LogP contribution in [-0.4, -0.2) is 19.3 Å². The summed E-state index contributed by atoms with van der Waals surface area (Å²) in [5, 5.41) is 13.1. The maximum atomic E-state index is 12.6. The van der Waals surface area contributed by atoms with Crippen LogP contribution in [0.5, 0.6) is 0 Å². The van der Waals surface area contributed by atoms with Crippen molar-refractivity contribution in [1.29, 1.82) is 5.26 Å². The molecule has 0 radical (unpaired) electrons. The van der Waals surface area contributed by atoms with Crippen LogP contribution in [0.25, 0.3) is 17.2 Å². The molecule has 3 rings (SSSR count). The van der Waals surface area contributed by atoms with Crippen LogP contribution in [0.4, 0.5) is 0 Å². The number of hydrogen-bond donors (Lipinski definition) is 0. The summed E-state index contributed by atoms with van der Waals surface area (Å²) in [5.74, 6) is 0.467. The molecule has 2 heterocycles. The lowest BCUT2D eigenvalue weighted by atomic mass is 10.3. The molecule has 0 aliphatic heterocycles. The van der Waals surface area contributed by atoms with Crippen LogP contribution in [0.15, 0.2) is 59.5 Å². The van der Waals surface area contributed by atoms with Crippen molar-refractivity contribution in [3.05, 3.63) is 65.2 Å². The molecule has 1 aromatic carbocycles. The molecular weight excluding hydrogens is 278 g/mol. The smallest absolute Gasteiger partial charge is 0.253 e. The zero-order chi connectivity index (χ0) is 15.4. The minimum atomic E-state index is -0.276. The van der Waals surface area contributed by atoms with Gasteiger partial charge in [-0.1, -0.05) is 24.3 Å². The number of hydrogen-bond acceptors (Lipinski definition) is 4. The topological polar surface area (TPSA) is 76.5 Å². The van der Waals surface area contributed by atoms with E-state index in [0.717, 1.165) is 5.69 Å². The second-order valence-corrected chi connectivity index (χ2v) is 4.62. The molecule has 0 unspecified atom stereocenters. The number of para-hydroxylation sites is 1. The van der Waals surface area contributed by atoms with Crippen molar-refractivity contribution in [2.75, 3.05) is 0 Å². The van der Waals surface area contributed by atoms with Crippen molar-refractivity contribution in [2.45, 2.75) is 13.0 Å². The Labute approximate surface area is 126 Å². The first-order chi connectivity index (χ1) is 10.8. The van der Waals surface area contributed by atoms with E-state index in [4.69, 9.17) is 5.26 Å². The largest absolute Gasteiger partial charge is 0.350 e. The summed E-state index contributed by atoms with van der Waals surface area (Å²) in [6.07, 6.45) is 1.89. The van der Waals surface area contributed by atoms with Crippen molar-refractivity contribution < 1.29 is 0 Å². The number of nitriles is 1. The van der Waals surface area contributed by atoms with E-state index in [-0.39, 0.29) is 18.7 Å². The molecule has 0 fully saturated rings. The molecule has 0 spiro atoms. The van der Waals surface area contributed by atoms with Gasteiger partial charge >= 0.3 is 5.69 Å². The summed E-state index contributed by atoms with van der Waals surface area (Å²) in [4.78, 5) is 16.9. The Kier molecular flexibility index (Phi) is 3.79. The van der Waals surface area contributed by atoms with Crippen LogP contribution in [0.1, 0.15) is 6.42 Å². The van der Waals surface area contributed by atoms with Gasteiger partial charge in [0.15, 0.2) is 5.82 Å². The highest BCUT2D eigenvalue weighted by Gasteiger charge is 2.16. The fourth-order valence-corrected chi connectivity index (χ4v) is 2.18. The molecule has 108 valence electrons. The van der Waals surface area contributed by atoms with Crippen LogP contribution in [0.3, 0.4) is 0 Å². The first kappa shape index (κ1) is 13.8. The SMILES string of the molecule is N#CCCn1nc(-c2ccccn2)n(-c2ccccc2)c1=O. The Balaban J connectivity index is 2.20. The highest BCUT2D eigenvalue weighted by atomic mass is 16.2. The molecule has 6 nitrogen and oxygen atoms in total. The van der Waals surface area contributed by atoms with Crippen molar-refractivity contribution in [2.24, 2.45) is 0 Å². The molecule has 0 aliphatic rings. The number of benzene rings is 1. The second kappa shape index (κ2) is 6.06. The molecular formula is C16H13N5O. The Hall–Kier alpha value is -3.20. The van der Waals surface area contributed by atoms with Crippen LogP contribution < -0.4 is 5.69 Å². The molecule has 2 aromatic heterocycles. The summed E-state index contributed by atoms with van der Waals surface area (Å²) in [5.41, 5.74) is 1.05. The fourth-order valence-electron chi connectivity index (χ4n) is 2.18. The van der Waals surface area contributed by atoms with Crippen LogP contribution in [0, 0.1) is 11.3 Å². The van der Waals surface area contributed by atoms with Crippen LogP contribution in [-0.2, 0) is 6.54 Å². The fraction of sp³-hybridized carbons (Fsp3) is 0.125. The standard InChI is InChI=1S/C16H13N5O/c17-10-6-12-20-16(22)21(13-7-2-1-3-8-13)15(19-20)14-9-4-5-11-18-14/h1-5,7-9,11H,6,12H2. The van der Waals surface area contributed by atoms with Crippen molar-refractivity contribution in [3.63, 3.8) is 0 Å². The second-order valence-electron chi connectivity index (χ2n) is 4.62. The van der Waals surface area contributed by atoms with Gasteiger partial charge in [-0.05, 0) is 24.3 Å². The molecule has 0 bridgehead atoms. The van der Waals surface area contributed by atoms with Gasteiger partial charge in [0.05, 0.1) is 24.7 Å². The minimum absolute atomic E-state index is 0.230. The van der Waals surface area contributed by atoms with E-state index < -0.39 is 0 Å². The molecule has 3 aromatic rings. The van der Waals surface area contributed by atoms with Gasteiger partial charge in [-0.15, -0.1) is 5.10 Å². The van der Waals surface area contributed by atoms with Crippen molar-refractivity contribution >= 4 is 0 Å². The molecule has 0 aliphatic carbocycles. The number of nitrogens with zero attached hydrogens (tertiary/aromatic N) is 5. The van der Waals surface area contributed by atoms with E-state index in [2.05, 4.69) is 10.1 Å². The summed E-state index contributed by atoms with van der Waals surface area (Å²) >= 11 is 0. The maximum Gasteiger partial charge on any atom is 0.350 e. The lowest BCUT2D eigenvalue weighted by Gasteiger charge is -2.04. The summed E-state index contributed by atoms with van der Waals surface area (Å²) in [6, 6.07) is 16.8. The Bertz CT molecular complexity index is 859. The molecule has 6 heteroatoms. The van der Waals surface area contributed by atoms with E-state index >= 15 is 0 Å². The quantitative estimate of drug-likeness (QED) is 0.736. The average Bonchev–Trinajstić information content (AvgIpc) is 2.91. The lowest BCUT2D eigenvalue weighted by molar-refractivity contribution is 0.601. The Morgan fingerprint density at radius 1 is 1.09 bits per heavy atom. The average molecular weight is 291 g/mol. The van der Waals surface area contributed by atoms with Gasteiger partial charge in [0, 0.05) is 6.20 Å². The van der Waals surface area contributed by atoms with Crippen molar-refractivity contribution in [3.8, 4) is 23.3 Å². The number of rotatable bonds is 4. The first-order valence-electron chi connectivity index (χ1n) is 6.85. The summed E-state index contributed by atoms with van der Waals surface area (Å²) < 4.78 is 2.82. The molecule has 0 atom stereocenters. The molecule has 0 saturated carbocycles. The molecule has 22 heavy (non-hydrogen) atoms. The van der Waals surface area contributed by atoms with Gasteiger partial charge < -0.3 is 0 Å². The molecule has 0 saturated heterocycles. The van der Waals surface area contributed by atoms with Crippen LogP contribution in [0.2, 0.25) is 0 Å². The van der Waals surface area contributed by atoms with Crippen LogP contribution >= 0.6 is 0 Å². The predicted molar refractivity (Wildman–Crippen MR) is 81.3 cm³/mol. The first-order valence-corrected chi connectivity index (χ1v) is 6.85. The van der Waals surface area contributed by atoms with Crippen molar-refractivity contribution in [1.82, 2.24) is 19.3 Å². The third-order valence-corrected chi connectivity index (χ3v) is 3.18. The monoisotopic (exact) mass is 291 g/mol. The van der Waals surface area contributed by atoms with E-state index in [9.17, 15) is 4.79 Å². The lowest BCUT2D eigenvalue weighted by Crippen LogP contribution is -2.24. The highest BCUT2D eigenvalue weighted by molar-refractivity contribution is 5.53. The minimum Gasteiger partial charge on any atom is -0.253 e. The summed E-state index contributed by atoms with van der Waals surface area (Å²) in [6.45, 7) is 0.259. The van der Waals surface area contributed by atoms with Gasteiger partial charge in [0.2, 0.25) is 0 Å². The van der Waals surface area contributed by atoms with Gasteiger partial charge in [0.1, 0.15) is 5.69 Å². The van der Waals surface area contributed by atoms with E-state index in [0.29, 0.717) is 11.5 Å². The zero-order valence-corrected chi connectivity index (χ0v) is 11.8. The van der Waals surface area contributed by atoms with E-state index in [1.165, 1.54) is 9.25 Å². The highest BCUT2D eigenvalue weighted by Crippen LogP contribution is 2.16. The van der Waals surface area contributed by atoms with Gasteiger partial charge in [-0.3, -0.25) is 4.98 Å². The van der Waals surface area contributed by atoms with E-state index in [1.54, 1.807) is 18.3 Å². The number of aromatic nitrogens is 4. The number of aryl methyl sites for hydroxylation is 1. The summed E-state index contributed by atoms with van der Waals surface area (Å²) in [7, 11) is 0. The Morgan fingerprint density at radius 2 is 1.86 bits per heavy atom. The Morgan fingerprint density at radius 3 is 2.55 bits per heavy atom. The maximum absolute atomic E-state index is 12.6. The third kappa shape index (κ3) is 2.52. The molecule has 0 amide bonds. The van der Waals surface area contributed by atoms with Gasteiger partial charge in [-0.25, -0.2) is 14.0 Å². The van der Waals surface area contributed by atoms with E-state index in [1.807, 2.05) is 42.5 Å². The van der Waals surface area contributed by atoms with Gasteiger partial charge in [0.25, 0.3) is 0 Å². The zero-order valence-electron chi connectivity index (χ0n) is 11.8. The third-order valence-electron chi connectivity index (χ3n) is 3.18. The predicted octanol–water partition coefficient (Wildman–Crippen LogP) is 2.01. The molecule has 0 N–H and O–H groups in total. The van der Waals surface area contributed by atoms with Gasteiger partial charge in [-0.2, -0.15) is 5.26 Å². The normalized spacial score (nSPS) is 10.3.